The van der Waals surface area contributed by atoms with Crippen LogP contribution in [0.25, 0.3) is 0 Å². The Kier molecular flexibility index (Phi) is 5.68. The van der Waals surface area contributed by atoms with Gasteiger partial charge in [0, 0.05) is 23.7 Å². The zero-order valence-corrected chi connectivity index (χ0v) is 11.2. The Hall–Kier alpha value is -0.0300. The fourth-order valence-electron chi connectivity index (χ4n) is 1.04. The number of hydrogen-bond donors (Lipinski definition) is 1. The molecule has 0 amide bonds. The molecule has 0 bridgehead atoms. The number of aromatic nitrogens is 1. The van der Waals surface area contributed by atoms with Crippen LogP contribution < -0.4 is 5.32 Å². The first-order valence-electron chi connectivity index (χ1n) is 4.30. The monoisotopic (exact) mass is 312 g/mol. The minimum Gasteiger partial charge on any atom is -0.383 e. The van der Waals surface area contributed by atoms with Gasteiger partial charge in [0.05, 0.1) is 17.7 Å². The Bertz CT molecular complexity index is 325. The molecular formula is C9H11BrCl2N2O. The number of halogens is 3. The highest BCUT2D eigenvalue weighted by Gasteiger charge is 2.10. The van der Waals surface area contributed by atoms with E-state index in [1.165, 1.54) is 0 Å². The topological polar surface area (TPSA) is 34.1 Å². The largest absolute Gasteiger partial charge is 0.383 e. The Morgan fingerprint density at radius 2 is 2.40 bits per heavy atom. The number of nitrogens with zero attached hydrogens (tertiary/aromatic N) is 1. The van der Waals surface area contributed by atoms with Crippen molar-refractivity contribution in [3.05, 3.63) is 21.8 Å². The fourth-order valence-corrected chi connectivity index (χ4v) is 1.89. The van der Waals surface area contributed by atoms with Crippen LogP contribution in [0.15, 0.2) is 16.7 Å². The molecule has 15 heavy (non-hydrogen) atoms. The molecule has 1 aromatic rings. The van der Waals surface area contributed by atoms with E-state index in [0.29, 0.717) is 23.3 Å². The van der Waals surface area contributed by atoms with Crippen LogP contribution in [0, 0.1) is 0 Å². The van der Waals surface area contributed by atoms with Crippen LogP contribution >= 0.6 is 39.1 Å². The smallest absolute Gasteiger partial charge is 0.145 e. The van der Waals surface area contributed by atoms with Crippen molar-refractivity contribution in [1.82, 2.24) is 4.98 Å². The summed E-state index contributed by atoms with van der Waals surface area (Å²) in [5, 5.41) is 3.66. The number of anilines is 1. The van der Waals surface area contributed by atoms with Gasteiger partial charge in [-0.15, -0.1) is 11.6 Å². The number of ether oxygens (including phenoxy) is 1. The molecule has 1 atom stereocenters. The van der Waals surface area contributed by atoms with Gasteiger partial charge in [0.2, 0.25) is 0 Å². The van der Waals surface area contributed by atoms with Gasteiger partial charge in [0.1, 0.15) is 5.82 Å². The zero-order valence-electron chi connectivity index (χ0n) is 8.14. The lowest BCUT2D eigenvalue weighted by atomic mass is 10.3. The van der Waals surface area contributed by atoms with Gasteiger partial charge < -0.3 is 10.1 Å². The van der Waals surface area contributed by atoms with Gasteiger partial charge in [-0.25, -0.2) is 4.98 Å². The summed E-state index contributed by atoms with van der Waals surface area (Å²) in [5.41, 5.74) is 0. The molecule has 0 saturated heterocycles. The van der Waals surface area contributed by atoms with Gasteiger partial charge in [0.25, 0.3) is 0 Å². The van der Waals surface area contributed by atoms with Crippen LogP contribution in [-0.2, 0) is 4.74 Å². The Labute approximate surface area is 107 Å². The molecule has 0 saturated carbocycles. The molecule has 1 rings (SSSR count). The lowest BCUT2D eigenvalue weighted by Gasteiger charge is -2.16. The van der Waals surface area contributed by atoms with Crippen molar-refractivity contribution in [2.24, 2.45) is 0 Å². The molecule has 1 heterocycles. The van der Waals surface area contributed by atoms with Crippen molar-refractivity contribution in [3.8, 4) is 0 Å². The minimum atomic E-state index is 0.00263. The fraction of sp³-hybridized carbons (Fsp3) is 0.444. The summed E-state index contributed by atoms with van der Waals surface area (Å²) in [4.78, 5) is 4.14. The Balaban J connectivity index is 2.70. The van der Waals surface area contributed by atoms with Crippen LogP contribution in [0.5, 0.6) is 0 Å². The normalized spacial score (nSPS) is 12.5. The van der Waals surface area contributed by atoms with E-state index in [1.807, 2.05) is 0 Å². The predicted octanol–water partition coefficient (Wildman–Crippen LogP) is 3.16. The second-order valence-electron chi connectivity index (χ2n) is 2.93. The van der Waals surface area contributed by atoms with E-state index in [-0.39, 0.29) is 6.04 Å². The third-order valence-corrected chi connectivity index (χ3v) is 2.80. The summed E-state index contributed by atoms with van der Waals surface area (Å²) in [6.45, 7) is 0.511. The lowest BCUT2D eigenvalue weighted by molar-refractivity contribution is 0.191. The van der Waals surface area contributed by atoms with Crippen molar-refractivity contribution in [3.63, 3.8) is 0 Å². The third-order valence-electron chi connectivity index (χ3n) is 1.70. The van der Waals surface area contributed by atoms with Crippen LogP contribution in [0.4, 0.5) is 5.82 Å². The number of nitrogens with one attached hydrogen (secondary N) is 1. The molecule has 0 fully saturated rings. The SMILES string of the molecule is COCC(CCl)Nc1ncc(Br)cc1Cl. The highest BCUT2D eigenvalue weighted by Crippen LogP contribution is 2.23. The first kappa shape index (κ1) is 13.0. The van der Waals surface area contributed by atoms with Crippen molar-refractivity contribution in [2.75, 3.05) is 24.9 Å². The molecule has 0 radical (unpaired) electrons. The van der Waals surface area contributed by atoms with Gasteiger partial charge in [-0.1, -0.05) is 11.6 Å². The molecule has 84 valence electrons. The Morgan fingerprint density at radius 3 is 2.93 bits per heavy atom. The maximum atomic E-state index is 5.99. The molecule has 1 N–H and O–H groups in total. The van der Waals surface area contributed by atoms with Crippen molar-refractivity contribution < 1.29 is 4.74 Å². The van der Waals surface area contributed by atoms with E-state index in [1.54, 1.807) is 19.4 Å². The van der Waals surface area contributed by atoms with Gasteiger partial charge >= 0.3 is 0 Å². The summed E-state index contributed by atoms with van der Waals surface area (Å²) in [5.74, 6) is 1.05. The van der Waals surface area contributed by atoms with Crippen LogP contribution in [-0.4, -0.2) is 30.6 Å². The van der Waals surface area contributed by atoms with Gasteiger partial charge in [0.15, 0.2) is 0 Å². The van der Waals surface area contributed by atoms with E-state index in [9.17, 15) is 0 Å². The molecular weight excluding hydrogens is 303 g/mol. The average molecular weight is 314 g/mol. The minimum absolute atomic E-state index is 0.00263. The molecule has 1 aromatic heterocycles. The predicted molar refractivity (Wildman–Crippen MR) is 67.0 cm³/mol. The molecule has 0 aliphatic rings. The summed E-state index contributed by atoms with van der Waals surface area (Å²) < 4.78 is 5.84. The highest BCUT2D eigenvalue weighted by atomic mass is 79.9. The summed E-state index contributed by atoms with van der Waals surface area (Å²) in [6, 6.07) is 1.78. The number of methoxy groups -OCH3 is 1. The van der Waals surface area contributed by atoms with E-state index in [0.717, 1.165) is 4.47 Å². The number of hydrogen-bond acceptors (Lipinski definition) is 3. The lowest BCUT2D eigenvalue weighted by Crippen LogP contribution is -2.27. The average Bonchev–Trinajstić information content (AvgIpc) is 2.21. The second kappa shape index (κ2) is 6.53. The van der Waals surface area contributed by atoms with E-state index in [2.05, 4.69) is 26.2 Å². The second-order valence-corrected chi connectivity index (χ2v) is 4.57. The van der Waals surface area contributed by atoms with Crippen LogP contribution in [0.1, 0.15) is 0 Å². The number of rotatable bonds is 5. The molecule has 1 unspecified atom stereocenters. The third kappa shape index (κ3) is 4.15. The molecule has 3 nitrogen and oxygen atoms in total. The van der Waals surface area contributed by atoms with Gasteiger partial charge in [-0.3, -0.25) is 0 Å². The molecule has 0 spiro atoms. The van der Waals surface area contributed by atoms with E-state index >= 15 is 0 Å². The van der Waals surface area contributed by atoms with Crippen molar-refractivity contribution >= 4 is 44.9 Å². The standard InChI is InChI=1S/C9H11BrCl2N2O/c1-15-5-7(3-11)14-9-8(12)2-6(10)4-13-9/h2,4,7H,3,5H2,1H3,(H,13,14). The first-order chi connectivity index (χ1) is 7.17. The zero-order chi connectivity index (χ0) is 11.3. The van der Waals surface area contributed by atoms with Gasteiger partial charge in [-0.05, 0) is 22.0 Å². The highest BCUT2D eigenvalue weighted by molar-refractivity contribution is 9.10. The molecule has 0 aromatic carbocycles. The molecule has 0 aliphatic carbocycles. The van der Waals surface area contributed by atoms with E-state index < -0.39 is 0 Å². The number of pyridine rings is 1. The summed E-state index contributed by atoms with van der Waals surface area (Å²) in [6.07, 6.45) is 1.67. The summed E-state index contributed by atoms with van der Waals surface area (Å²) in [7, 11) is 1.62. The Morgan fingerprint density at radius 1 is 1.67 bits per heavy atom. The van der Waals surface area contributed by atoms with Crippen LogP contribution in [0.2, 0.25) is 5.02 Å². The van der Waals surface area contributed by atoms with Crippen molar-refractivity contribution in [1.29, 1.82) is 0 Å². The van der Waals surface area contributed by atoms with Crippen molar-refractivity contribution in [2.45, 2.75) is 6.04 Å². The van der Waals surface area contributed by atoms with E-state index in [4.69, 9.17) is 27.9 Å². The molecule has 6 heteroatoms. The molecule has 0 aliphatic heterocycles. The summed E-state index contributed by atoms with van der Waals surface area (Å²) >= 11 is 15.0. The first-order valence-corrected chi connectivity index (χ1v) is 6.00. The maximum absolute atomic E-state index is 5.99. The van der Waals surface area contributed by atoms with Gasteiger partial charge in [-0.2, -0.15) is 0 Å². The quantitative estimate of drug-likeness (QED) is 0.848. The number of alkyl halides is 1. The van der Waals surface area contributed by atoms with Crippen LogP contribution in [0.3, 0.4) is 0 Å². The maximum Gasteiger partial charge on any atom is 0.145 e.